The SMILES string of the molecule is Cc1nn(C)cc1[C@H](C)NC(=O)N[C@H]1CCSc2c(F)cccc21. The van der Waals surface area contributed by atoms with Crippen LogP contribution >= 0.6 is 11.8 Å². The quantitative estimate of drug-likeness (QED) is 0.893. The van der Waals surface area contributed by atoms with Crippen molar-refractivity contribution in [1.29, 1.82) is 0 Å². The summed E-state index contributed by atoms with van der Waals surface area (Å²) in [5, 5.41) is 10.2. The van der Waals surface area contributed by atoms with Crippen molar-refractivity contribution < 1.29 is 9.18 Å². The molecule has 0 unspecified atom stereocenters. The zero-order chi connectivity index (χ0) is 17.3. The van der Waals surface area contributed by atoms with Crippen LogP contribution in [-0.4, -0.2) is 21.6 Å². The van der Waals surface area contributed by atoms with Gasteiger partial charge >= 0.3 is 6.03 Å². The topological polar surface area (TPSA) is 59.0 Å². The average Bonchev–Trinajstić information content (AvgIpc) is 2.87. The number of hydrogen-bond acceptors (Lipinski definition) is 3. The van der Waals surface area contributed by atoms with Gasteiger partial charge in [-0.15, -0.1) is 11.8 Å². The number of rotatable bonds is 3. The lowest BCUT2D eigenvalue weighted by atomic mass is 10.0. The summed E-state index contributed by atoms with van der Waals surface area (Å²) >= 11 is 1.50. The van der Waals surface area contributed by atoms with Crippen LogP contribution in [-0.2, 0) is 7.05 Å². The van der Waals surface area contributed by atoms with Crippen LogP contribution in [0.5, 0.6) is 0 Å². The van der Waals surface area contributed by atoms with E-state index in [-0.39, 0.29) is 23.9 Å². The summed E-state index contributed by atoms with van der Waals surface area (Å²) in [6, 6.07) is 4.46. The largest absolute Gasteiger partial charge is 0.332 e. The number of hydrogen-bond donors (Lipinski definition) is 2. The van der Waals surface area contributed by atoms with Gasteiger partial charge in [0.25, 0.3) is 0 Å². The summed E-state index contributed by atoms with van der Waals surface area (Å²) in [5.74, 6) is 0.569. The summed E-state index contributed by atoms with van der Waals surface area (Å²) in [5.41, 5.74) is 2.73. The van der Waals surface area contributed by atoms with E-state index in [1.54, 1.807) is 10.7 Å². The van der Waals surface area contributed by atoms with Gasteiger partial charge in [-0.05, 0) is 31.9 Å². The predicted molar refractivity (Wildman–Crippen MR) is 92.5 cm³/mol. The van der Waals surface area contributed by atoms with E-state index < -0.39 is 0 Å². The molecule has 2 N–H and O–H groups in total. The van der Waals surface area contributed by atoms with Gasteiger partial charge in [-0.25, -0.2) is 9.18 Å². The number of halogens is 1. The standard InChI is InChI=1S/C17H21FN4OS/c1-10(13-9-22(3)21-11(13)2)19-17(23)20-15-7-8-24-16-12(15)5-4-6-14(16)18/h4-6,9-10,15H,7-8H2,1-3H3,(H2,19,20,23)/t10-,15-/m0/s1. The highest BCUT2D eigenvalue weighted by molar-refractivity contribution is 7.99. The van der Waals surface area contributed by atoms with E-state index in [1.807, 2.05) is 33.2 Å². The molecule has 24 heavy (non-hydrogen) atoms. The van der Waals surface area contributed by atoms with Crippen molar-refractivity contribution in [2.24, 2.45) is 7.05 Å². The molecule has 2 aromatic rings. The number of aryl methyl sites for hydroxylation is 2. The Morgan fingerprint density at radius 3 is 3.00 bits per heavy atom. The highest BCUT2D eigenvalue weighted by Gasteiger charge is 2.25. The molecule has 1 aliphatic heterocycles. The third-order valence-electron chi connectivity index (χ3n) is 4.20. The first-order valence-electron chi connectivity index (χ1n) is 7.94. The second-order valence-corrected chi connectivity index (χ2v) is 7.14. The lowest BCUT2D eigenvalue weighted by molar-refractivity contribution is 0.233. The van der Waals surface area contributed by atoms with Gasteiger partial charge < -0.3 is 10.6 Å². The number of carbonyl (C=O) groups is 1. The Kier molecular flexibility index (Phi) is 4.80. The highest BCUT2D eigenvalue weighted by atomic mass is 32.2. The van der Waals surface area contributed by atoms with Crippen molar-refractivity contribution in [3.8, 4) is 0 Å². The molecule has 1 aromatic heterocycles. The van der Waals surface area contributed by atoms with Crippen molar-refractivity contribution in [2.75, 3.05) is 5.75 Å². The first-order valence-corrected chi connectivity index (χ1v) is 8.92. The van der Waals surface area contributed by atoms with Gasteiger partial charge in [0, 0.05) is 29.5 Å². The van der Waals surface area contributed by atoms with Gasteiger partial charge in [-0.2, -0.15) is 5.10 Å². The average molecular weight is 348 g/mol. The number of amides is 2. The van der Waals surface area contributed by atoms with Crippen LogP contribution in [0.4, 0.5) is 9.18 Å². The number of carbonyl (C=O) groups excluding carboxylic acids is 1. The zero-order valence-corrected chi connectivity index (χ0v) is 14.8. The molecule has 1 aromatic carbocycles. The van der Waals surface area contributed by atoms with Gasteiger partial charge in [-0.1, -0.05) is 12.1 Å². The van der Waals surface area contributed by atoms with Crippen LogP contribution in [0.2, 0.25) is 0 Å². The smallest absolute Gasteiger partial charge is 0.315 e. The van der Waals surface area contributed by atoms with E-state index in [1.165, 1.54) is 17.8 Å². The van der Waals surface area contributed by atoms with Crippen LogP contribution in [0.15, 0.2) is 29.3 Å². The second kappa shape index (κ2) is 6.84. The van der Waals surface area contributed by atoms with Crippen molar-refractivity contribution in [3.63, 3.8) is 0 Å². The molecule has 2 amide bonds. The number of fused-ring (bicyclic) bond motifs is 1. The minimum atomic E-state index is -0.252. The third kappa shape index (κ3) is 3.40. The number of nitrogens with one attached hydrogen (secondary N) is 2. The van der Waals surface area contributed by atoms with Gasteiger partial charge in [0.2, 0.25) is 0 Å². The highest BCUT2D eigenvalue weighted by Crippen LogP contribution is 2.37. The molecule has 0 fully saturated rings. The summed E-state index contributed by atoms with van der Waals surface area (Å²) in [6.45, 7) is 3.84. The monoisotopic (exact) mass is 348 g/mol. The van der Waals surface area contributed by atoms with E-state index in [0.29, 0.717) is 4.90 Å². The first-order chi connectivity index (χ1) is 11.5. The Morgan fingerprint density at radius 2 is 2.29 bits per heavy atom. The number of aromatic nitrogens is 2. The molecule has 128 valence electrons. The van der Waals surface area contributed by atoms with Crippen molar-refractivity contribution in [2.45, 2.75) is 37.2 Å². The number of nitrogens with zero attached hydrogens (tertiary/aromatic N) is 2. The van der Waals surface area contributed by atoms with Crippen LogP contribution in [0.1, 0.15) is 42.2 Å². The van der Waals surface area contributed by atoms with E-state index in [4.69, 9.17) is 0 Å². The van der Waals surface area contributed by atoms with Gasteiger partial charge in [-0.3, -0.25) is 4.68 Å². The lowest BCUT2D eigenvalue weighted by Crippen LogP contribution is -2.40. The molecule has 2 atom stereocenters. The predicted octanol–water partition coefficient (Wildman–Crippen LogP) is 3.46. The summed E-state index contributed by atoms with van der Waals surface area (Å²) in [4.78, 5) is 13.0. The van der Waals surface area contributed by atoms with E-state index in [9.17, 15) is 9.18 Å². The fourth-order valence-electron chi connectivity index (χ4n) is 3.05. The van der Waals surface area contributed by atoms with Crippen LogP contribution in [0.3, 0.4) is 0 Å². The molecule has 2 heterocycles. The molecule has 0 aliphatic carbocycles. The van der Waals surface area contributed by atoms with Gasteiger partial charge in [0.1, 0.15) is 5.82 Å². The molecule has 1 aliphatic rings. The number of benzene rings is 1. The maximum atomic E-state index is 13.9. The fourth-order valence-corrected chi connectivity index (χ4v) is 4.19. The number of urea groups is 1. The molecular weight excluding hydrogens is 327 g/mol. The van der Waals surface area contributed by atoms with Crippen LogP contribution in [0, 0.1) is 12.7 Å². The maximum Gasteiger partial charge on any atom is 0.315 e. The van der Waals surface area contributed by atoms with Gasteiger partial charge in [0.05, 0.1) is 17.8 Å². The van der Waals surface area contributed by atoms with Crippen LogP contribution in [0.25, 0.3) is 0 Å². The van der Waals surface area contributed by atoms with Gasteiger partial charge in [0.15, 0.2) is 0 Å². The summed E-state index contributed by atoms with van der Waals surface area (Å²) in [6.07, 6.45) is 2.69. The molecule has 0 saturated carbocycles. The molecular formula is C17H21FN4OS. The van der Waals surface area contributed by atoms with Crippen molar-refractivity contribution in [3.05, 3.63) is 47.0 Å². The Bertz CT molecular complexity index is 761. The minimum absolute atomic E-state index is 0.149. The first kappa shape index (κ1) is 16.8. The fraction of sp³-hybridized carbons (Fsp3) is 0.412. The molecule has 0 bridgehead atoms. The molecule has 0 radical (unpaired) electrons. The summed E-state index contributed by atoms with van der Waals surface area (Å²) in [7, 11) is 1.86. The van der Waals surface area contributed by atoms with Crippen LogP contribution < -0.4 is 10.6 Å². The maximum absolute atomic E-state index is 13.9. The minimum Gasteiger partial charge on any atom is -0.332 e. The normalized spacial score (nSPS) is 17.9. The molecule has 3 rings (SSSR count). The Hall–Kier alpha value is -2.02. The lowest BCUT2D eigenvalue weighted by Gasteiger charge is -2.27. The van der Waals surface area contributed by atoms with Crippen molar-refractivity contribution >= 4 is 17.8 Å². The molecule has 5 nitrogen and oxygen atoms in total. The Labute approximate surface area is 145 Å². The van der Waals surface area contributed by atoms with Crippen molar-refractivity contribution in [1.82, 2.24) is 20.4 Å². The zero-order valence-electron chi connectivity index (χ0n) is 14.0. The van der Waals surface area contributed by atoms with E-state index in [0.717, 1.165) is 29.0 Å². The summed E-state index contributed by atoms with van der Waals surface area (Å²) < 4.78 is 15.6. The third-order valence-corrected chi connectivity index (χ3v) is 5.36. The Balaban J connectivity index is 1.68. The van der Waals surface area contributed by atoms with E-state index in [2.05, 4.69) is 15.7 Å². The van der Waals surface area contributed by atoms with E-state index >= 15 is 0 Å². The molecule has 7 heteroatoms. The number of thioether (sulfide) groups is 1. The molecule has 0 spiro atoms. The molecule has 0 saturated heterocycles. The second-order valence-electron chi connectivity index (χ2n) is 6.03. The Morgan fingerprint density at radius 1 is 1.50 bits per heavy atom.